The quantitative estimate of drug-likeness (QED) is 0.927. The number of nitrogens with one attached hydrogen (secondary N) is 1. The molecule has 1 aliphatic rings. The average Bonchev–Trinajstić information content (AvgIpc) is 2.54. The van der Waals surface area contributed by atoms with Crippen LogP contribution in [-0.4, -0.2) is 19.1 Å². The molecule has 0 radical (unpaired) electrons. The molecule has 0 aromatic heterocycles. The first-order valence-corrected chi connectivity index (χ1v) is 7.66. The van der Waals surface area contributed by atoms with E-state index in [1.54, 1.807) is 7.11 Å². The first-order valence-electron chi connectivity index (χ1n) is 7.66. The zero-order valence-corrected chi connectivity index (χ0v) is 12.4. The average molecular weight is 283 g/mol. The van der Waals surface area contributed by atoms with E-state index in [0.29, 0.717) is 6.04 Å². The maximum absolute atomic E-state index is 12.6. The second kappa shape index (κ2) is 6.17. The van der Waals surface area contributed by atoms with Crippen molar-refractivity contribution in [1.29, 1.82) is 0 Å². The minimum absolute atomic E-state index is 0.0285. The van der Waals surface area contributed by atoms with Crippen LogP contribution in [0.3, 0.4) is 0 Å². The van der Waals surface area contributed by atoms with Crippen LogP contribution in [0.25, 0.3) is 10.8 Å². The van der Waals surface area contributed by atoms with Crippen molar-refractivity contribution < 1.29 is 9.53 Å². The Morgan fingerprint density at radius 2 is 1.76 bits per heavy atom. The van der Waals surface area contributed by atoms with Crippen molar-refractivity contribution in [3.63, 3.8) is 0 Å². The van der Waals surface area contributed by atoms with Crippen molar-refractivity contribution in [2.45, 2.75) is 38.1 Å². The molecule has 0 bridgehead atoms. The summed E-state index contributed by atoms with van der Waals surface area (Å²) in [6.45, 7) is 0. The summed E-state index contributed by atoms with van der Waals surface area (Å²) in [7, 11) is 1.66. The summed E-state index contributed by atoms with van der Waals surface area (Å²) < 4.78 is 5.38. The molecule has 2 aromatic carbocycles. The van der Waals surface area contributed by atoms with E-state index in [0.717, 1.165) is 34.9 Å². The molecule has 0 spiro atoms. The molecule has 2 aromatic rings. The molecular weight excluding hydrogens is 262 g/mol. The van der Waals surface area contributed by atoms with Crippen LogP contribution in [0.4, 0.5) is 0 Å². The Morgan fingerprint density at radius 1 is 1.05 bits per heavy atom. The van der Waals surface area contributed by atoms with E-state index >= 15 is 0 Å². The van der Waals surface area contributed by atoms with Crippen LogP contribution in [0, 0.1) is 0 Å². The highest BCUT2D eigenvalue weighted by molar-refractivity contribution is 6.08. The molecule has 3 nitrogen and oxygen atoms in total. The van der Waals surface area contributed by atoms with Gasteiger partial charge in [-0.25, -0.2) is 0 Å². The van der Waals surface area contributed by atoms with Gasteiger partial charge in [-0.2, -0.15) is 0 Å². The highest BCUT2D eigenvalue weighted by atomic mass is 16.5. The number of rotatable bonds is 3. The number of amides is 1. The summed E-state index contributed by atoms with van der Waals surface area (Å²) in [5, 5.41) is 5.12. The fraction of sp³-hybridized carbons (Fsp3) is 0.389. The molecule has 1 saturated carbocycles. The summed E-state index contributed by atoms with van der Waals surface area (Å²) in [6.07, 6.45) is 5.92. The maximum Gasteiger partial charge on any atom is 0.252 e. The zero-order chi connectivity index (χ0) is 14.7. The second-order valence-electron chi connectivity index (χ2n) is 5.67. The van der Waals surface area contributed by atoms with Crippen LogP contribution in [0.5, 0.6) is 5.75 Å². The number of carbonyl (C=O) groups excluding carboxylic acids is 1. The van der Waals surface area contributed by atoms with Gasteiger partial charge in [-0.3, -0.25) is 4.79 Å². The summed E-state index contributed by atoms with van der Waals surface area (Å²) in [5.41, 5.74) is 0.733. The number of ether oxygens (including phenoxy) is 1. The monoisotopic (exact) mass is 283 g/mol. The van der Waals surface area contributed by atoms with Gasteiger partial charge < -0.3 is 10.1 Å². The molecule has 110 valence electrons. The zero-order valence-electron chi connectivity index (χ0n) is 12.4. The van der Waals surface area contributed by atoms with E-state index in [9.17, 15) is 4.79 Å². The second-order valence-corrected chi connectivity index (χ2v) is 5.67. The Kier molecular flexibility index (Phi) is 4.09. The molecule has 3 heteroatoms. The number of methoxy groups -OCH3 is 1. The SMILES string of the molecule is COc1ccc(C(=O)NC2CCCCC2)c2ccccc12. The number of hydrogen-bond acceptors (Lipinski definition) is 2. The highest BCUT2D eigenvalue weighted by Crippen LogP contribution is 2.28. The fourth-order valence-corrected chi connectivity index (χ4v) is 3.16. The van der Waals surface area contributed by atoms with E-state index in [1.807, 2.05) is 36.4 Å². The number of hydrogen-bond donors (Lipinski definition) is 1. The number of carbonyl (C=O) groups is 1. The van der Waals surface area contributed by atoms with Crippen molar-refractivity contribution in [1.82, 2.24) is 5.32 Å². The Balaban J connectivity index is 1.91. The minimum atomic E-state index is 0.0285. The molecular formula is C18H21NO2. The van der Waals surface area contributed by atoms with Gasteiger partial charge in [0.25, 0.3) is 5.91 Å². The van der Waals surface area contributed by atoms with Gasteiger partial charge >= 0.3 is 0 Å². The van der Waals surface area contributed by atoms with Crippen molar-refractivity contribution in [2.75, 3.05) is 7.11 Å². The van der Waals surface area contributed by atoms with Crippen LogP contribution < -0.4 is 10.1 Å². The molecule has 0 saturated heterocycles. The summed E-state index contributed by atoms with van der Waals surface area (Å²) in [5.74, 6) is 0.834. The Morgan fingerprint density at radius 3 is 2.48 bits per heavy atom. The third-order valence-corrected chi connectivity index (χ3v) is 4.29. The Bertz CT molecular complexity index is 645. The lowest BCUT2D eigenvalue weighted by atomic mass is 9.95. The van der Waals surface area contributed by atoms with E-state index in [4.69, 9.17) is 4.74 Å². The lowest BCUT2D eigenvalue weighted by molar-refractivity contribution is 0.0929. The molecule has 0 atom stereocenters. The predicted octanol–water partition coefficient (Wildman–Crippen LogP) is 3.91. The smallest absolute Gasteiger partial charge is 0.252 e. The van der Waals surface area contributed by atoms with Crippen molar-refractivity contribution in [3.05, 3.63) is 42.0 Å². The molecule has 1 fully saturated rings. The Labute approximate surface area is 125 Å². The molecule has 1 aliphatic carbocycles. The normalized spacial score (nSPS) is 15.9. The van der Waals surface area contributed by atoms with E-state index in [1.165, 1.54) is 19.3 Å². The van der Waals surface area contributed by atoms with Gasteiger partial charge in [0.2, 0.25) is 0 Å². The first-order chi connectivity index (χ1) is 10.3. The van der Waals surface area contributed by atoms with E-state index < -0.39 is 0 Å². The van der Waals surface area contributed by atoms with Gasteiger partial charge in [0, 0.05) is 17.0 Å². The number of fused-ring (bicyclic) bond motifs is 1. The molecule has 0 heterocycles. The minimum Gasteiger partial charge on any atom is -0.496 e. The summed E-state index contributed by atoms with van der Waals surface area (Å²) >= 11 is 0. The van der Waals surface area contributed by atoms with Gasteiger partial charge in [-0.15, -0.1) is 0 Å². The van der Waals surface area contributed by atoms with Gasteiger partial charge in [0.05, 0.1) is 7.11 Å². The number of benzene rings is 2. The van der Waals surface area contributed by atoms with Crippen LogP contribution in [0.2, 0.25) is 0 Å². The lowest BCUT2D eigenvalue weighted by Crippen LogP contribution is -2.36. The van der Waals surface area contributed by atoms with Crippen LogP contribution in [0.1, 0.15) is 42.5 Å². The highest BCUT2D eigenvalue weighted by Gasteiger charge is 2.18. The summed E-state index contributed by atoms with van der Waals surface area (Å²) in [6, 6.07) is 12.0. The predicted molar refractivity (Wildman–Crippen MR) is 84.8 cm³/mol. The molecule has 0 unspecified atom stereocenters. The first kappa shape index (κ1) is 13.9. The van der Waals surface area contributed by atoms with E-state index in [-0.39, 0.29) is 5.91 Å². The molecule has 21 heavy (non-hydrogen) atoms. The molecule has 3 rings (SSSR count). The third-order valence-electron chi connectivity index (χ3n) is 4.29. The van der Waals surface area contributed by atoms with Crippen molar-refractivity contribution in [2.24, 2.45) is 0 Å². The largest absolute Gasteiger partial charge is 0.496 e. The van der Waals surface area contributed by atoms with Gasteiger partial charge in [0.15, 0.2) is 0 Å². The van der Waals surface area contributed by atoms with E-state index in [2.05, 4.69) is 5.32 Å². The third kappa shape index (κ3) is 2.87. The topological polar surface area (TPSA) is 38.3 Å². The van der Waals surface area contributed by atoms with Crippen LogP contribution >= 0.6 is 0 Å². The van der Waals surface area contributed by atoms with Gasteiger partial charge in [0.1, 0.15) is 5.75 Å². The standard InChI is InChI=1S/C18H21NO2/c1-21-17-12-11-16(14-9-5-6-10-15(14)17)18(20)19-13-7-3-2-4-8-13/h5-6,9-13H,2-4,7-8H2,1H3,(H,19,20). The Hall–Kier alpha value is -2.03. The van der Waals surface area contributed by atoms with Crippen LogP contribution in [0.15, 0.2) is 36.4 Å². The van der Waals surface area contributed by atoms with Crippen molar-refractivity contribution >= 4 is 16.7 Å². The molecule has 0 aliphatic heterocycles. The molecule has 1 amide bonds. The summed E-state index contributed by atoms with van der Waals surface area (Å²) in [4.78, 5) is 12.6. The van der Waals surface area contributed by atoms with Crippen molar-refractivity contribution in [3.8, 4) is 5.75 Å². The fourth-order valence-electron chi connectivity index (χ4n) is 3.16. The lowest BCUT2D eigenvalue weighted by Gasteiger charge is -2.23. The maximum atomic E-state index is 12.6. The van der Waals surface area contributed by atoms with Gasteiger partial charge in [-0.1, -0.05) is 43.5 Å². The van der Waals surface area contributed by atoms with Crippen LogP contribution in [-0.2, 0) is 0 Å². The van der Waals surface area contributed by atoms with Gasteiger partial charge in [-0.05, 0) is 30.4 Å². The molecule has 1 N–H and O–H groups in total.